The van der Waals surface area contributed by atoms with E-state index in [4.69, 9.17) is 0 Å². The first-order valence-corrected chi connectivity index (χ1v) is 7.32. The first kappa shape index (κ1) is 13.6. The molecule has 0 aromatic rings. The van der Waals surface area contributed by atoms with Gasteiger partial charge in [-0.2, -0.15) is 0 Å². The van der Waals surface area contributed by atoms with E-state index in [0.717, 1.165) is 5.92 Å². The van der Waals surface area contributed by atoms with Gasteiger partial charge < -0.3 is 0 Å². The van der Waals surface area contributed by atoms with Crippen molar-refractivity contribution in [3.05, 3.63) is 24.3 Å². The molecule has 1 nitrogen and oxygen atoms in total. The van der Waals surface area contributed by atoms with E-state index in [0.29, 0.717) is 17.6 Å². The lowest BCUT2D eigenvalue weighted by molar-refractivity contribution is -0.133. The number of ketones is 1. The molecular formula is C17H26O. The van der Waals surface area contributed by atoms with Crippen LogP contribution in [-0.4, -0.2) is 5.78 Å². The monoisotopic (exact) mass is 246 g/mol. The van der Waals surface area contributed by atoms with Gasteiger partial charge in [0.05, 0.1) is 0 Å². The molecule has 1 saturated carbocycles. The van der Waals surface area contributed by atoms with E-state index < -0.39 is 0 Å². The lowest BCUT2D eigenvalue weighted by Gasteiger charge is -2.49. The van der Waals surface area contributed by atoms with Crippen LogP contribution < -0.4 is 0 Å². The summed E-state index contributed by atoms with van der Waals surface area (Å²) in [6.45, 7) is 8.36. The number of Topliss-reactive ketones (excluding diaryl/α,β-unsaturated/α-hetero) is 1. The quantitative estimate of drug-likeness (QED) is 0.660. The molecule has 0 saturated heterocycles. The van der Waals surface area contributed by atoms with Gasteiger partial charge >= 0.3 is 0 Å². The third-order valence-corrected chi connectivity index (χ3v) is 5.35. The molecule has 18 heavy (non-hydrogen) atoms. The number of hydrogen-bond donors (Lipinski definition) is 0. The summed E-state index contributed by atoms with van der Waals surface area (Å²) in [5, 5.41) is 0. The first-order valence-electron chi connectivity index (χ1n) is 7.32. The lowest BCUT2D eigenvalue weighted by Crippen LogP contribution is -2.47. The van der Waals surface area contributed by atoms with Gasteiger partial charge in [0.1, 0.15) is 5.78 Å². The number of allylic oxidation sites excluding steroid dienone is 4. The second-order valence-electron chi connectivity index (χ2n) is 6.46. The molecule has 2 aliphatic carbocycles. The Balaban J connectivity index is 2.37. The summed E-state index contributed by atoms with van der Waals surface area (Å²) in [5.74, 6) is 2.61. The van der Waals surface area contributed by atoms with Crippen LogP contribution in [-0.2, 0) is 4.79 Å². The highest BCUT2D eigenvalue weighted by Gasteiger charge is 2.49. The van der Waals surface area contributed by atoms with Crippen molar-refractivity contribution in [1.82, 2.24) is 0 Å². The van der Waals surface area contributed by atoms with Crippen molar-refractivity contribution in [2.45, 2.75) is 47.0 Å². The van der Waals surface area contributed by atoms with Gasteiger partial charge in [0.2, 0.25) is 0 Å². The fourth-order valence-electron chi connectivity index (χ4n) is 4.06. The third kappa shape index (κ3) is 2.08. The van der Waals surface area contributed by atoms with Gasteiger partial charge in [0.15, 0.2) is 0 Å². The standard InChI is InChI=1S/C17H26O/c1-5-6-15-9-8-14-11-12(2)7-10-16(14)17(15,4)13(3)18/h5-6,8-9,12,14-16H,7,10-11H2,1-4H3. The van der Waals surface area contributed by atoms with Gasteiger partial charge in [-0.3, -0.25) is 4.79 Å². The molecular weight excluding hydrogens is 220 g/mol. The highest BCUT2D eigenvalue weighted by atomic mass is 16.1. The van der Waals surface area contributed by atoms with Crippen LogP contribution in [0.3, 0.4) is 0 Å². The fraction of sp³-hybridized carbons (Fsp3) is 0.706. The minimum Gasteiger partial charge on any atom is -0.299 e. The maximum atomic E-state index is 12.3. The van der Waals surface area contributed by atoms with Crippen LogP contribution in [0.4, 0.5) is 0 Å². The van der Waals surface area contributed by atoms with Gasteiger partial charge in [0, 0.05) is 11.3 Å². The molecule has 2 aliphatic rings. The molecule has 0 aliphatic heterocycles. The smallest absolute Gasteiger partial charge is 0.136 e. The summed E-state index contributed by atoms with van der Waals surface area (Å²) in [6, 6.07) is 0. The summed E-state index contributed by atoms with van der Waals surface area (Å²) in [6.07, 6.45) is 12.7. The van der Waals surface area contributed by atoms with Crippen LogP contribution in [0.5, 0.6) is 0 Å². The number of carbonyl (C=O) groups is 1. The molecule has 100 valence electrons. The Hall–Kier alpha value is -0.850. The summed E-state index contributed by atoms with van der Waals surface area (Å²) in [4.78, 5) is 12.3. The van der Waals surface area contributed by atoms with Crippen LogP contribution in [0.15, 0.2) is 24.3 Å². The Bertz CT molecular complexity index is 379. The minimum atomic E-state index is -0.188. The van der Waals surface area contributed by atoms with E-state index in [1.165, 1.54) is 19.3 Å². The molecule has 5 unspecified atom stereocenters. The van der Waals surface area contributed by atoms with Gasteiger partial charge in [-0.1, -0.05) is 44.6 Å². The molecule has 0 bridgehead atoms. The molecule has 1 fully saturated rings. The van der Waals surface area contributed by atoms with E-state index >= 15 is 0 Å². The van der Waals surface area contributed by atoms with Gasteiger partial charge in [-0.25, -0.2) is 0 Å². The average Bonchev–Trinajstić information content (AvgIpc) is 2.32. The van der Waals surface area contributed by atoms with Crippen molar-refractivity contribution in [2.24, 2.45) is 29.1 Å². The van der Waals surface area contributed by atoms with Crippen molar-refractivity contribution in [3.8, 4) is 0 Å². The lowest BCUT2D eigenvalue weighted by atomic mass is 9.54. The van der Waals surface area contributed by atoms with Crippen molar-refractivity contribution in [2.75, 3.05) is 0 Å². The highest BCUT2D eigenvalue weighted by Crippen LogP contribution is 2.52. The molecule has 5 atom stereocenters. The van der Waals surface area contributed by atoms with Gasteiger partial charge in [-0.15, -0.1) is 0 Å². The topological polar surface area (TPSA) is 17.1 Å². The maximum Gasteiger partial charge on any atom is 0.136 e. The van der Waals surface area contributed by atoms with Crippen molar-refractivity contribution in [1.29, 1.82) is 0 Å². The van der Waals surface area contributed by atoms with Crippen LogP contribution in [0.25, 0.3) is 0 Å². The number of carbonyl (C=O) groups excluding carboxylic acids is 1. The van der Waals surface area contributed by atoms with Crippen LogP contribution in [0, 0.1) is 29.1 Å². The summed E-state index contributed by atoms with van der Waals surface area (Å²) >= 11 is 0. The second kappa shape index (κ2) is 5.03. The predicted octanol–water partition coefficient (Wildman–Crippen LogP) is 4.40. The van der Waals surface area contributed by atoms with Crippen molar-refractivity contribution < 1.29 is 4.79 Å². The molecule has 0 spiro atoms. The molecule has 0 radical (unpaired) electrons. The van der Waals surface area contributed by atoms with E-state index in [1.54, 1.807) is 6.92 Å². The molecule has 1 heteroatoms. The second-order valence-corrected chi connectivity index (χ2v) is 6.46. The number of rotatable bonds is 2. The van der Waals surface area contributed by atoms with E-state index in [2.05, 4.69) is 38.2 Å². The molecule has 0 aromatic carbocycles. The van der Waals surface area contributed by atoms with E-state index in [1.807, 2.05) is 6.92 Å². The van der Waals surface area contributed by atoms with E-state index in [9.17, 15) is 4.79 Å². The fourth-order valence-corrected chi connectivity index (χ4v) is 4.06. The molecule has 0 aromatic heterocycles. The molecule has 2 rings (SSSR count). The largest absolute Gasteiger partial charge is 0.299 e. The number of fused-ring (bicyclic) bond motifs is 1. The predicted molar refractivity (Wildman–Crippen MR) is 76.2 cm³/mol. The van der Waals surface area contributed by atoms with Gasteiger partial charge in [-0.05, 0) is 44.4 Å². The zero-order chi connectivity index (χ0) is 13.3. The zero-order valence-corrected chi connectivity index (χ0v) is 12.1. The van der Waals surface area contributed by atoms with Crippen molar-refractivity contribution >= 4 is 5.78 Å². The molecule has 0 N–H and O–H groups in total. The highest BCUT2D eigenvalue weighted by molar-refractivity contribution is 5.83. The first-order chi connectivity index (χ1) is 8.50. The summed E-state index contributed by atoms with van der Waals surface area (Å²) in [7, 11) is 0. The normalized spacial score (nSPS) is 44.0. The zero-order valence-electron chi connectivity index (χ0n) is 12.1. The summed E-state index contributed by atoms with van der Waals surface area (Å²) < 4.78 is 0. The van der Waals surface area contributed by atoms with Crippen LogP contribution in [0.1, 0.15) is 47.0 Å². The van der Waals surface area contributed by atoms with Crippen LogP contribution >= 0.6 is 0 Å². The number of hydrogen-bond acceptors (Lipinski definition) is 1. The molecule has 0 heterocycles. The Labute approximate surface area is 111 Å². The van der Waals surface area contributed by atoms with E-state index in [-0.39, 0.29) is 11.3 Å². The van der Waals surface area contributed by atoms with Crippen LogP contribution in [0.2, 0.25) is 0 Å². The Morgan fingerprint density at radius 3 is 2.67 bits per heavy atom. The summed E-state index contributed by atoms with van der Waals surface area (Å²) in [5.41, 5.74) is -0.188. The minimum absolute atomic E-state index is 0.188. The Kier molecular flexibility index (Phi) is 3.79. The SMILES string of the molecule is CC=CC1C=CC2CC(C)CCC2C1(C)C(C)=O. The average molecular weight is 246 g/mol. The van der Waals surface area contributed by atoms with Gasteiger partial charge in [0.25, 0.3) is 0 Å². The van der Waals surface area contributed by atoms with Crippen molar-refractivity contribution in [3.63, 3.8) is 0 Å². The Morgan fingerprint density at radius 1 is 1.33 bits per heavy atom. The maximum absolute atomic E-state index is 12.3. The third-order valence-electron chi connectivity index (χ3n) is 5.35. The molecule has 0 amide bonds. The Morgan fingerprint density at radius 2 is 2.06 bits per heavy atom.